The molecule has 0 heterocycles. The lowest BCUT2D eigenvalue weighted by Crippen LogP contribution is -1.97. The Kier molecular flexibility index (Phi) is 4.11. The number of halogens is 1. The number of nitro groups is 1. The molecule has 0 amide bonds. The van der Waals surface area contributed by atoms with E-state index in [1.54, 1.807) is 6.92 Å². The standard InChI is InChI=1S/C11H8ClNO4S/c1-8(2)3-4-9-5-6-10(18(12,16)17)7-11(9)13(14)15/h5-7H,1H2,2H3. The molecule has 0 saturated carbocycles. The van der Waals surface area contributed by atoms with Crippen LogP contribution in [-0.2, 0) is 9.05 Å². The number of hydrogen-bond donors (Lipinski definition) is 0. The molecule has 0 spiro atoms. The van der Waals surface area contributed by atoms with Crippen LogP contribution in [-0.4, -0.2) is 13.3 Å². The second-order valence-electron chi connectivity index (χ2n) is 3.40. The van der Waals surface area contributed by atoms with Crippen LogP contribution in [0.4, 0.5) is 5.69 Å². The highest BCUT2D eigenvalue weighted by Gasteiger charge is 2.18. The molecule has 0 aromatic heterocycles. The molecule has 1 rings (SSSR count). The number of rotatable bonds is 2. The van der Waals surface area contributed by atoms with Crippen LogP contribution in [0, 0.1) is 22.0 Å². The van der Waals surface area contributed by atoms with Gasteiger partial charge in [0.1, 0.15) is 5.56 Å². The Morgan fingerprint density at radius 2 is 2.11 bits per heavy atom. The largest absolute Gasteiger partial charge is 0.286 e. The molecule has 0 saturated heterocycles. The summed E-state index contributed by atoms with van der Waals surface area (Å²) >= 11 is 0. The van der Waals surface area contributed by atoms with Crippen LogP contribution < -0.4 is 0 Å². The minimum Gasteiger partial charge on any atom is -0.258 e. The Labute approximate surface area is 109 Å². The van der Waals surface area contributed by atoms with E-state index in [1.165, 1.54) is 6.07 Å². The van der Waals surface area contributed by atoms with Gasteiger partial charge in [0, 0.05) is 16.7 Å². The molecule has 0 bridgehead atoms. The molecule has 0 radical (unpaired) electrons. The van der Waals surface area contributed by atoms with Crippen molar-refractivity contribution in [3.05, 3.63) is 46.0 Å². The smallest absolute Gasteiger partial charge is 0.258 e. The normalized spacial score (nSPS) is 10.3. The van der Waals surface area contributed by atoms with Gasteiger partial charge < -0.3 is 0 Å². The van der Waals surface area contributed by atoms with E-state index in [4.69, 9.17) is 10.7 Å². The van der Waals surface area contributed by atoms with E-state index >= 15 is 0 Å². The van der Waals surface area contributed by atoms with Crippen molar-refractivity contribution < 1.29 is 13.3 Å². The predicted octanol–water partition coefficient (Wildman–Crippen LogP) is 2.45. The summed E-state index contributed by atoms with van der Waals surface area (Å²) < 4.78 is 22.2. The molecule has 0 unspecified atom stereocenters. The van der Waals surface area contributed by atoms with Gasteiger partial charge in [-0.15, -0.1) is 0 Å². The molecule has 0 N–H and O–H groups in total. The van der Waals surface area contributed by atoms with E-state index in [2.05, 4.69) is 18.4 Å². The summed E-state index contributed by atoms with van der Waals surface area (Å²) in [5.74, 6) is 5.13. The Hall–Kier alpha value is -1.84. The first-order valence-corrected chi connectivity index (χ1v) is 6.93. The molecule has 0 aliphatic heterocycles. The zero-order valence-corrected chi connectivity index (χ0v) is 10.9. The third kappa shape index (κ3) is 3.58. The van der Waals surface area contributed by atoms with E-state index in [1.807, 2.05) is 0 Å². The lowest BCUT2D eigenvalue weighted by molar-refractivity contribution is -0.385. The Morgan fingerprint density at radius 1 is 1.50 bits per heavy atom. The molecular weight excluding hydrogens is 278 g/mol. The zero-order chi connectivity index (χ0) is 13.9. The SMILES string of the molecule is C=C(C)C#Cc1ccc(S(=O)(=O)Cl)cc1[N+](=O)[O-]. The Bertz CT molecular complexity index is 683. The van der Waals surface area contributed by atoms with Crippen LogP contribution in [0.1, 0.15) is 12.5 Å². The zero-order valence-electron chi connectivity index (χ0n) is 9.31. The summed E-state index contributed by atoms with van der Waals surface area (Å²) in [5, 5.41) is 10.8. The van der Waals surface area contributed by atoms with Crippen molar-refractivity contribution >= 4 is 25.4 Å². The Morgan fingerprint density at radius 3 is 2.56 bits per heavy atom. The molecule has 7 heteroatoms. The number of nitrogens with zero attached hydrogens (tertiary/aromatic N) is 1. The second-order valence-corrected chi connectivity index (χ2v) is 5.97. The lowest BCUT2D eigenvalue weighted by atomic mass is 10.2. The van der Waals surface area contributed by atoms with Crippen LogP contribution in [0.25, 0.3) is 0 Å². The second kappa shape index (κ2) is 5.21. The van der Waals surface area contributed by atoms with E-state index < -0.39 is 19.7 Å². The summed E-state index contributed by atoms with van der Waals surface area (Å²) in [6.07, 6.45) is 0. The van der Waals surface area contributed by atoms with Gasteiger partial charge in [-0.1, -0.05) is 18.4 Å². The first-order valence-electron chi connectivity index (χ1n) is 4.62. The first kappa shape index (κ1) is 14.2. The molecular formula is C11H8ClNO4S. The van der Waals surface area contributed by atoms with Crippen LogP contribution in [0.3, 0.4) is 0 Å². The van der Waals surface area contributed by atoms with Gasteiger partial charge in [-0.25, -0.2) is 8.42 Å². The van der Waals surface area contributed by atoms with E-state index in [0.29, 0.717) is 5.57 Å². The summed E-state index contributed by atoms with van der Waals surface area (Å²) in [4.78, 5) is 9.77. The predicted molar refractivity (Wildman–Crippen MR) is 67.8 cm³/mol. The van der Waals surface area contributed by atoms with E-state index in [9.17, 15) is 18.5 Å². The van der Waals surface area contributed by atoms with Crippen LogP contribution in [0.2, 0.25) is 0 Å². The number of nitro benzene ring substituents is 1. The van der Waals surface area contributed by atoms with Gasteiger partial charge in [-0.2, -0.15) is 0 Å². The highest BCUT2D eigenvalue weighted by atomic mass is 35.7. The highest BCUT2D eigenvalue weighted by Crippen LogP contribution is 2.24. The van der Waals surface area contributed by atoms with Gasteiger partial charge in [-0.3, -0.25) is 10.1 Å². The number of hydrogen-bond acceptors (Lipinski definition) is 4. The van der Waals surface area contributed by atoms with Crippen molar-refractivity contribution in [2.45, 2.75) is 11.8 Å². The van der Waals surface area contributed by atoms with Gasteiger partial charge in [0.15, 0.2) is 0 Å². The van der Waals surface area contributed by atoms with Crippen molar-refractivity contribution in [2.75, 3.05) is 0 Å². The monoisotopic (exact) mass is 285 g/mol. The topological polar surface area (TPSA) is 77.3 Å². The third-order valence-corrected chi connectivity index (χ3v) is 3.21. The van der Waals surface area contributed by atoms with Crippen molar-refractivity contribution in [3.8, 4) is 11.8 Å². The maximum Gasteiger partial charge on any atom is 0.286 e. The average molecular weight is 286 g/mol. The first-order chi connectivity index (χ1) is 8.21. The van der Waals surface area contributed by atoms with Crippen molar-refractivity contribution in [2.24, 2.45) is 0 Å². The fourth-order valence-corrected chi connectivity index (χ4v) is 1.86. The maximum absolute atomic E-state index is 11.1. The fraction of sp³-hybridized carbons (Fsp3) is 0.0909. The molecule has 1 aromatic carbocycles. The summed E-state index contributed by atoms with van der Waals surface area (Å²) in [7, 11) is 1.11. The molecule has 0 atom stereocenters. The molecule has 0 fully saturated rings. The molecule has 94 valence electrons. The molecule has 1 aromatic rings. The van der Waals surface area contributed by atoms with Crippen molar-refractivity contribution in [3.63, 3.8) is 0 Å². The molecule has 0 aliphatic carbocycles. The number of allylic oxidation sites excluding steroid dienone is 1. The van der Waals surface area contributed by atoms with Crippen molar-refractivity contribution in [1.29, 1.82) is 0 Å². The van der Waals surface area contributed by atoms with E-state index in [0.717, 1.165) is 12.1 Å². The van der Waals surface area contributed by atoms with Gasteiger partial charge in [0.2, 0.25) is 0 Å². The number of benzene rings is 1. The van der Waals surface area contributed by atoms with Crippen LogP contribution in [0.15, 0.2) is 35.2 Å². The Balaban J connectivity index is 3.45. The molecule has 0 aliphatic rings. The molecule has 18 heavy (non-hydrogen) atoms. The minimum atomic E-state index is -4.00. The van der Waals surface area contributed by atoms with Gasteiger partial charge in [0.25, 0.3) is 14.7 Å². The van der Waals surface area contributed by atoms with Crippen molar-refractivity contribution in [1.82, 2.24) is 0 Å². The summed E-state index contributed by atoms with van der Waals surface area (Å²) in [6.45, 7) is 5.19. The average Bonchev–Trinajstić information content (AvgIpc) is 2.24. The summed E-state index contributed by atoms with van der Waals surface area (Å²) in [6, 6.07) is 3.28. The maximum atomic E-state index is 11.1. The van der Waals surface area contributed by atoms with Crippen LogP contribution >= 0.6 is 10.7 Å². The third-order valence-electron chi connectivity index (χ3n) is 1.86. The summed E-state index contributed by atoms with van der Waals surface area (Å²) in [5.41, 5.74) is 0.232. The quantitative estimate of drug-likeness (QED) is 0.362. The van der Waals surface area contributed by atoms with Crippen LogP contribution in [0.5, 0.6) is 0 Å². The lowest BCUT2D eigenvalue weighted by Gasteiger charge is -1.98. The van der Waals surface area contributed by atoms with Gasteiger partial charge in [0.05, 0.1) is 9.82 Å². The fourth-order valence-electron chi connectivity index (χ4n) is 1.09. The van der Waals surface area contributed by atoms with Gasteiger partial charge in [-0.05, 0) is 24.6 Å². The minimum absolute atomic E-state index is 0.104. The van der Waals surface area contributed by atoms with Gasteiger partial charge >= 0.3 is 0 Å². The van der Waals surface area contributed by atoms with E-state index in [-0.39, 0.29) is 10.5 Å². The highest BCUT2D eigenvalue weighted by molar-refractivity contribution is 8.13. The molecule has 5 nitrogen and oxygen atoms in total.